The highest BCUT2D eigenvalue weighted by Crippen LogP contribution is 2.40. The number of pyridine rings is 1. The van der Waals surface area contributed by atoms with Crippen LogP contribution in [0.25, 0.3) is 33.4 Å². The first kappa shape index (κ1) is 21.5. The van der Waals surface area contributed by atoms with Gasteiger partial charge in [-0.05, 0) is 62.2 Å². The maximum atomic E-state index is 6.35. The molecule has 178 valence electrons. The van der Waals surface area contributed by atoms with Gasteiger partial charge in [-0.15, -0.1) is 0 Å². The van der Waals surface area contributed by atoms with Gasteiger partial charge in [0.15, 0.2) is 11.4 Å². The fraction of sp³-hybridized carbons (Fsp3) is 0.259. The molecule has 8 nitrogen and oxygen atoms in total. The van der Waals surface area contributed by atoms with Crippen LogP contribution in [0.1, 0.15) is 37.5 Å². The van der Waals surface area contributed by atoms with Crippen molar-refractivity contribution in [3.63, 3.8) is 0 Å². The molecular weight excluding hydrogens is 440 g/mol. The highest BCUT2D eigenvalue weighted by atomic mass is 16.5. The molecule has 6 rings (SSSR count). The SMILES string of the molecule is CC(Oc1c(N)ncc2c(-c3cnn(C4CCNCC4)c3)coc12)c1cccc(-c2ccc[nH]2)c1. The number of fused-ring (bicyclic) bond motifs is 1. The lowest BCUT2D eigenvalue weighted by Crippen LogP contribution is -2.29. The van der Waals surface area contributed by atoms with Gasteiger partial charge in [-0.3, -0.25) is 4.68 Å². The fourth-order valence-corrected chi connectivity index (χ4v) is 4.78. The number of rotatable bonds is 6. The number of nitrogens with zero attached hydrogens (tertiary/aromatic N) is 3. The third kappa shape index (κ3) is 4.06. The number of hydrogen-bond donors (Lipinski definition) is 3. The first-order chi connectivity index (χ1) is 17.2. The fourth-order valence-electron chi connectivity index (χ4n) is 4.78. The largest absolute Gasteiger partial charge is 0.479 e. The Hall–Kier alpha value is -4.04. The van der Waals surface area contributed by atoms with Crippen molar-refractivity contribution in [3.05, 3.63) is 73.0 Å². The molecule has 0 amide bonds. The monoisotopic (exact) mass is 468 g/mol. The maximum Gasteiger partial charge on any atom is 0.205 e. The van der Waals surface area contributed by atoms with E-state index >= 15 is 0 Å². The van der Waals surface area contributed by atoms with Gasteiger partial charge in [-0.25, -0.2) is 4.98 Å². The van der Waals surface area contributed by atoms with Crippen LogP contribution in [0.15, 0.2) is 71.9 Å². The molecule has 1 aromatic carbocycles. The summed E-state index contributed by atoms with van der Waals surface area (Å²) in [5.74, 6) is 0.758. The molecule has 5 heterocycles. The second kappa shape index (κ2) is 8.96. The van der Waals surface area contributed by atoms with Gasteiger partial charge in [-0.1, -0.05) is 18.2 Å². The van der Waals surface area contributed by atoms with E-state index in [2.05, 4.69) is 43.4 Å². The summed E-state index contributed by atoms with van der Waals surface area (Å²) in [6, 6.07) is 12.7. The third-order valence-corrected chi connectivity index (χ3v) is 6.76. The molecule has 35 heavy (non-hydrogen) atoms. The number of hydrogen-bond acceptors (Lipinski definition) is 6. The quantitative estimate of drug-likeness (QED) is 0.311. The minimum atomic E-state index is -0.254. The lowest BCUT2D eigenvalue weighted by molar-refractivity contribution is 0.228. The summed E-state index contributed by atoms with van der Waals surface area (Å²) < 4.78 is 14.4. The molecular formula is C27H28N6O2. The Balaban J connectivity index is 1.30. The number of piperidine rings is 1. The van der Waals surface area contributed by atoms with Crippen molar-refractivity contribution in [2.24, 2.45) is 0 Å². The van der Waals surface area contributed by atoms with Crippen LogP contribution in [-0.2, 0) is 0 Å². The number of H-pyrrole nitrogens is 1. The molecule has 1 aliphatic heterocycles. The van der Waals surface area contributed by atoms with Crippen LogP contribution in [-0.4, -0.2) is 32.8 Å². The van der Waals surface area contributed by atoms with Crippen molar-refractivity contribution in [1.29, 1.82) is 0 Å². The maximum absolute atomic E-state index is 6.35. The first-order valence-corrected chi connectivity index (χ1v) is 12.0. The number of anilines is 1. The van der Waals surface area contributed by atoms with E-state index in [-0.39, 0.29) is 6.10 Å². The average Bonchev–Trinajstić information content (AvgIpc) is 3.67. The van der Waals surface area contributed by atoms with Crippen molar-refractivity contribution in [2.45, 2.75) is 31.9 Å². The molecule has 8 heteroatoms. The number of benzene rings is 1. The van der Waals surface area contributed by atoms with Gasteiger partial charge in [-0.2, -0.15) is 5.10 Å². The third-order valence-electron chi connectivity index (χ3n) is 6.76. The highest BCUT2D eigenvalue weighted by Gasteiger charge is 2.21. The van der Waals surface area contributed by atoms with E-state index in [1.165, 1.54) is 0 Å². The Morgan fingerprint density at radius 3 is 2.86 bits per heavy atom. The van der Waals surface area contributed by atoms with Gasteiger partial charge in [0.25, 0.3) is 0 Å². The summed E-state index contributed by atoms with van der Waals surface area (Å²) in [7, 11) is 0. The summed E-state index contributed by atoms with van der Waals surface area (Å²) >= 11 is 0. The Morgan fingerprint density at radius 1 is 1.14 bits per heavy atom. The number of ether oxygens (including phenoxy) is 1. The molecule has 1 aliphatic rings. The summed E-state index contributed by atoms with van der Waals surface area (Å²) in [4.78, 5) is 7.67. The van der Waals surface area contributed by atoms with E-state index in [1.807, 2.05) is 43.6 Å². The van der Waals surface area contributed by atoms with Gasteiger partial charge >= 0.3 is 0 Å². The minimum absolute atomic E-state index is 0.254. The molecule has 5 aromatic rings. The van der Waals surface area contributed by atoms with Crippen molar-refractivity contribution in [3.8, 4) is 28.1 Å². The van der Waals surface area contributed by atoms with Crippen molar-refractivity contribution >= 4 is 16.8 Å². The number of furan rings is 1. The normalized spacial score (nSPS) is 15.5. The van der Waals surface area contributed by atoms with Gasteiger partial charge in [0.1, 0.15) is 12.4 Å². The number of aromatic nitrogens is 4. The van der Waals surface area contributed by atoms with E-state index in [4.69, 9.17) is 14.9 Å². The second-order valence-corrected chi connectivity index (χ2v) is 9.02. The van der Waals surface area contributed by atoms with Crippen LogP contribution in [0.2, 0.25) is 0 Å². The number of nitrogens with two attached hydrogens (primary N) is 1. The van der Waals surface area contributed by atoms with E-state index in [1.54, 1.807) is 12.5 Å². The van der Waals surface area contributed by atoms with Crippen molar-refractivity contribution in [1.82, 2.24) is 25.1 Å². The van der Waals surface area contributed by atoms with E-state index in [0.29, 0.717) is 23.2 Å². The molecule has 1 fully saturated rings. The van der Waals surface area contributed by atoms with Crippen LogP contribution < -0.4 is 15.8 Å². The molecule has 0 spiro atoms. The van der Waals surface area contributed by atoms with Crippen molar-refractivity contribution < 1.29 is 9.15 Å². The van der Waals surface area contributed by atoms with E-state index in [9.17, 15) is 0 Å². The smallest absolute Gasteiger partial charge is 0.205 e. The molecule has 0 bridgehead atoms. The second-order valence-electron chi connectivity index (χ2n) is 9.02. The predicted octanol–water partition coefficient (Wildman–Crippen LogP) is 5.33. The Morgan fingerprint density at radius 2 is 2.03 bits per heavy atom. The Bertz CT molecular complexity index is 1450. The van der Waals surface area contributed by atoms with Crippen LogP contribution in [0.3, 0.4) is 0 Å². The summed E-state index contributed by atoms with van der Waals surface area (Å²) in [6.07, 6.45) is 11.3. The lowest BCUT2D eigenvalue weighted by Gasteiger charge is -2.22. The van der Waals surface area contributed by atoms with Crippen LogP contribution in [0.4, 0.5) is 5.82 Å². The predicted molar refractivity (Wildman–Crippen MR) is 136 cm³/mol. The standard InChI is InChI=1S/C27H28N6O2/c1-17(18-4-2-5-19(12-18)24-6-3-9-30-24)35-26-25-22(14-31-27(26)28)23(16-34-25)20-13-32-33(15-20)21-7-10-29-11-8-21/h2-6,9,12-17,21,29-30H,7-8,10-11H2,1H3,(H2,28,31). The molecule has 1 unspecified atom stereocenters. The van der Waals surface area contributed by atoms with Gasteiger partial charge in [0.05, 0.1) is 17.6 Å². The average molecular weight is 469 g/mol. The zero-order chi connectivity index (χ0) is 23.8. The number of nitrogen functional groups attached to an aromatic ring is 1. The van der Waals surface area contributed by atoms with Crippen LogP contribution in [0.5, 0.6) is 5.75 Å². The minimum Gasteiger partial charge on any atom is -0.479 e. The molecule has 4 aromatic heterocycles. The molecule has 0 saturated carbocycles. The van der Waals surface area contributed by atoms with Gasteiger partial charge in [0, 0.05) is 35.4 Å². The van der Waals surface area contributed by atoms with Crippen LogP contribution in [0, 0.1) is 0 Å². The molecule has 0 aliphatic carbocycles. The molecule has 0 radical (unpaired) electrons. The number of nitrogens with one attached hydrogen (secondary N) is 2. The van der Waals surface area contributed by atoms with E-state index < -0.39 is 0 Å². The highest BCUT2D eigenvalue weighted by molar-refractivity contribution is 5.97. The van der Waals surface area contributed by atoms with Gasteiger partial charge < -0.3 is 25.2 Å². The van der Waals surface area contributed by atoms with E-state index in [0.717, 1.165) is 59.3 Å². The Labute approximate surface area is 203 Å². The topological polar surface area (TPSA) is 107 Å². The molecule has 1 saturated heterocycles. The summed E-state index contributed by atoms with van der Waals surface area (Å²) in [6.45, 7) is 4.04. The van der Waals surface area contributed by atoms with Gasteiger partial charge in [0.2, 0.25) is 5.75 Å². The Kier molecular flexibility index (Phi) is 5.50. The number of aromatic amines is 1. The summed E-state index contributed by atoms with van der Waals surface area (Å²) in [5.41, 5.74) is 11.9. The molecule has 1 atom stereocenters. The van der Waals surface area contributed by atoms with Crippen LogP contribution >= 0.6 is 0 Å². The summed E-state index contributed by atoms with van der Waals surface area (Å²) in [5, 5.41) is 8.88. The first-order valence-electron chi connectivity index (χ1n) is 12.0. The zero-order valence-corrected chi connectivity index (χ0v) is 19.6. The lowest BCUT2D eigenvalue weighted by atomic mass is 10.0. The molecule has 4 N–H and O–H groups in total. The van der Waals surface area contributed by atoms with Crippen molar-refractivity contribution in [2.75, 3.05) is 18.8 Å². The zero-order valence-electron chi connectivity index (χ0n) is 19.6.